The number of piperazine rings is 2. The number of nitrogens with zero attached hydrogens (tertiary/aromatic N) is 6. The fourth-order valence-corrected chi connectivity index (χ4v) is 5.85. The van der Waals surface area contributed by atoms with Crippen molar-refractivity contribution in [1.82, 2.24) is 19.8 Å². The van der Waals surface area contributed by atoms with Crippen molar-refractivity contribution in [2.45, 2.75) is 24.8 Å². The highest BCUT2D eigenvalue weighted by atomic mass is 32.2. The van der Waals surface area contributed by atoms with E-state index in [1.54, 1.807) is 18.9 Å². The van der Waals surface area contributed by atoms with Gasteiger partial charge in [-0.15, -0.1) is 0 Å². The number of hydrogen-bond donors (Lipinski definition) is 0. The number of likely N-dealkylation sites (N-methyl/N-ethyl adjacent to an activating group) is 1. The maximum absolute atomic E-state index is 12.9. The van der Waals surface area contributed by atoms with Gasteiger partial charge < -0.3 is 24.3 Å². The van der Waals surface area contributed by atoms with Gasteiger partial charge in [-0.1, -0.05) is 23.9 Å². The summed E-state index contributed by atoms with van der Waals surface area (Å²) in [5.41, 5.74) is 5.30. The van der Waals surface area contributed by atoms with Crippen molar-refractivity contribution >= 4 is 29.2 Å². The number of aromatic nitrogens is 2. The summed E-state index contributed by atoms with van der Waals surface area (Å²) in [6.07, 6.45) is 0. The van der Waals surface area contributed by atoms with Crippen LogP contribution in [0, 0.1) is 13.8 Å². The van der Waals surface area contributed by atoms with Gasteiger partial charge in [-0.3, -0.25) is 4.79 Å². The molecule has 206 valence electrons. The van der Waals surface area contributed by atoms with Gasteiger partial charge in [-0.25, -0.2) is 9.97 Å². The number of carbonyl (C=O) groups excluding carboxylic acids is 1. The summed E-state index contributed by atoms with van der Waals surface area (Å²) in [6.45, 7) is 11.3. The van der Waals surface area contributed by atoms with Gasteiger partial charge in [0.1, 0.15) is 11.6 Å². The first kappa shape index (κ1) is 27.3. The monoisotopic (exact) mass is 546 g/mol. The van der Waals surface area contributed by atoms with Crippen LogP contribution in [0.15, 0.2) is 53.7 Å². The molecule has 0 saturated carbocycles. The third-order valence-electron chi connectivity index (χ3n) is 7.72. The molecule has 2 aliphatic heterocycles. The van der Waals surface area contributed by atoms with E-state index >= 15 is 0 Å². The lowest BCUT2D eigenvalue weighted by Crippen LogP contribution is -2.47. The predicted molar refractivity (Wildman–Crippen MR) is 158 cm³/mol. The Labute approximate surface area is 236 Å². The molecule has 3 heterocycles. The third kappa shape index (κ3) is 6.47. The number of benzene rings is 2. The van der Waals surface area contributed by atoms with E-state index in [4.69, 9.17) is 14.7 Å². The van der Waals surface area contributed by atoms with Crippen molar-refractivity contribution in [2.75, 3.05) is 76.3 Å². The Morgan fingerprint density at radius 2 is 1.49 bits per heavy atom. The van der Waals surface area contributed by atoms with Crippen molar-refractivity contribution in [3.63, 3.8) is 0 Å². The third-order valence-corrected chi connectivity index (χ3v) is 8.64. The zero-order chi connectivity index (χ0) is 27.4. The van der Waals surface area contributed by atoms with Crippen LogP contribution in [0.5, 0.6) is 5.75 Å². The number of ether oxygens (including phenoxy) is 1. The molecule has 2 saturated heterocycles. The van der Waals surface area contributed by atoms with Crippen LogP contribution in [-0.2, 0) is 5.75 Å². The molecule has 0 N–H and O–H groups in total. The maximum atomic E-state index is 12.9. The molecule has 0 spiro atoms. The minimum Gasteiger partial charge on any atom is -0.497 e. The van der Waals surface area contributed by atoms with E-state index in [1.807, 2.05) is 29.2 Å². The molecule has 0 bridgehead atoms. The first-order valence-corrected chi connectivity index (χ1v) is 14.6. The first-order chi connectivity index (χ1) is 18.9. The molecule has 9 heteroatoms. The lowest BCUT2D eigenvalue weighted by molar-refractivity contribution is 0.0664. The lowest BCUT2D eigenvalue weighted by atomic mass is 10.1. The van der Waals surface area contributed by atoms with Crippen LogP contribution in [0.4, 0.5) is 11.5 Å². The van der Waals surface area contributed by atoms with E-state index in [9.17, 15) is 4.79 Å². The van der Waals surface area contributed by atoms with E-state index < -0.39 is 0 Å². The summed E-state index contributed by atoms with van der Waals surface area (Å²) in [7, 11) is 3.79. The van der Waals surface area contributed by atoms with Gasteiger partial charge in [0.15, 0.2) is 5.16 Å². The summed E-state index contributed by atoms with van der Waals surface area (Å²) in [5.74, 6) is 2.80. The number of anilines is 2. The Morgan fingerprint density at radius 1 is 0.846 bits per heavy atom. The summed E-state index contributed by atoms with van der Waals surface area (Å²) in [4.78, 5) is 31.6. The number of rotatable bonds is 7. The second-order valence-electron chi connectivity index (χ2n) is 10.3. The zero-order valence-corrected chi connectivity index (χ0v) is 24.2. The van der Waals surface area contributed by atoms with Gasteiger partial charge in [0.25, 0.3) is 5.91 Å². The number of amides is 1. The molecule has 3 aromatic rings. The van der Waals surface area contributed by atoms with Gasteiger partial charge in [0.2, 0.25) is 0 Å². The summed E-state index contributed by atoms with van der Waals surface area (Å²) in [6, 6.07) is 16.3. The largest absolute Gasteiger partial charge is 0.497 e. The zero-order valence-electron chi connectivity index (χ0n) is 23.4. The van der Waals surface area contributed by atoms with Gasteiger partial charge in [-0.2, -0.15) is 0 Å². The summed E-state index contributed by atoms with van der Waals surface area (Å²) in [5, 5.41) is 0.795. The van der Waals surface area contributed by atoms with Crippen LogP contribution in [-0.4, -0.2) is 92.2 Å². The van der Waals surface area contributed by atoms with Crippen molar-refractivity contribution < 1.29 is 9.53 Å². The molecule has 8 nitrogen and oxygen atoms in total. The normalized spacial score (nSPS) is 16.5. The van der Waals surface area contributed by atoms with Crippen LogP contribution in [0.1, 0.15) is 27.2 Å². The van der Waals surface area contributed by atoms with Crippen LogP contribution in [0.25, 0.3) is 0 Å². The topological polar surface area (TPSA) is 65.0 Å². The molecule has 2 fully saturated rings. The second kappa shape index (κ2) is 12.3. The first-order valence-electron chi connectivity index (χ1n) is 13.6. The van der Waals surface area contributed by atoms with Crippen molar-refractivity contribution in [2.24, 2.45) is 0 Å². The fraction of sp³-hybridized carbons (Fsp3) is 0.433. The molecule has 2 aromatic carbocycles. The number of carbonyl (C=O) groups is 1. The second-order valence-corrected chi connectivity index (χ2v) is 11.2. The average Bonchev–Trinajstić information content (AvgIpc) is 2.98. The van der Waals surface area contributed by atoms with Crippen LogP contribution < -0.4 is 14.5 Å². The Hall–Kier alpha value is -3.30. The quantitative estimate of drug-likeness (QED) is 0.324. The molecular formula is C30H38N6O2S. The van der Waals surface area contributed by atoms with Crippen LogP contribution in [0.2, 0.25) is 0 Å². The molecular weight excluding hydrogens is 508 g/mol. The van der Waals surface area contributed by atoms with E-state index in [1.165, 1.54) is 5.69 Å². The number of thioether (sulfide) groups is 1. The molecule has 0 atom stereocenters. The van der Waals surface area contributed by atoms with Gasteiger partial charge >= 0.3 is 0 Å². The maximum Gasteiger partial charge on any atom is 0.253 e. The number of methoxy groups -OCH3 is 1. The van der Waals surface area contributed by atoms with Crippen LogP contribution >= 0.6 is 11.8 Å². The lowest BCUT2D eigenvalue weighted by Gasteiger charge is -2.37. The Bertz CT molecular complexity index is 1270. The highest BCUT2D eigenvalue weighted by molar-refractivity contribution is 7.98. The molecule has 5 rings (SSSR count). The summed E-state index contributed by atoms with van der Waals surface area (Å²) < 4.78 is 5.30. The van der Waals surface area contributed by atoms with E-state index in [2.05, 4.69) is 59.9 Å². The smallest absolute Gasteiger partial charge is 0.253 e. The number of aryl methyl sites for hydroxylation is 1. The van der Waals surface area contributed by atoms with Crippen molar-refractivity contribution in [3.05, 3.63) is 70.9 Å². The molecule has 0 unspecified atom stereocenters. The molecule has 39 heavy (non-hydrogen) atoms. The Balaban J connectivity index is 1.19. The summed E-state index contributed by atoms with van der Waals surface area (Å²) >= 11 is 1.65. The molecule has 1 amide bonds. The van der Waals surface area contributed by atoms with E-state index in [0.29, 0.717) is 0 Å². The van der Waals surface area contributed by atoms with Gasteiger partial charge in [-0.05, 0) is 62.9 Å². The van der Waals surface area contributed by atoms with Gasteiger partial charge in [0.05, 0.1) is 7.11 Å². The van der Waals surface area contributed by atoms with E-state index in [-0.39, 0.29) is 5.91 Å². The standard InChI is InChI=1S/C30H38N6O2S/c1-22-23(2)31-30(32-28(22)35-19-17-34(18-20-35)26-9-11-27(38-4)12-10-26)39-21-24-5-7-25(8-6-24)29(37)36-15-13-33(3)14-16-36/h5-12H,13-21H2,1-4H3. The minimum atomic E-state index is 0.122. The molecule has 0 radical (unpaired) electrons. The van der Waals surface area contributed by atoms with Crippen LogP contribution in [0.3, 0.4) is 0 Å². The van der Waals surface area contributed by atoms with Gasteiger partial charge in [0, 0.05) is 80.6 Å². The highest BCUT2D eigenvalue weighted by Crippen LogP contribution is 2.28. The van der Waals surface area contributed by atoms with Crippen molar-refractivity contribution in [1.29, 1.82) is 0 Å². The number of hydrogen-bond acceptors (Lipinski definition) is 8. The fourth-order valence-electron chi connectivity index (χ4n) is 5.01. The Kier molecular flexibility index (Phi) is 8.57. The average molecular weight is 547 g/mol. The predicted octanol–water partition coefficient (Wildman–Crippen LogP) is 4.11. The molecule has 1 aromatic heterocycles. The Morgan fingerprint density at radius 3 is 2.13 bits per heavy atom. The highest BCUT2D eigenvalue weighted by Gasteiger charge is 2.22. The SMILES string of the molecule is COc1ccc(N2CCN(c3nc(SCc4ccc(C(=O)N5CCN(C)CC5)cc4)nc(C)c3C)CC2)cc1. The van der Waals surface area contributed by atoms with Crippen molar-refractivity contribution in [3.8, 4) is 5.75 Å². The minimum absolute atomic E-state index is 0.122. The molecule has 0 aliphatic carbocycles. The van der Waals surface area contributed by atoms with E-state index in [0.717, 1.165) is 97.2 Å². The molecule has 2 aliphatic rings.